The van der Waals surface area contributed by atoms with E-state index in [2.05, 4.69) is 35.1 Å². The number of likely N-dealkylation sites (tertiary alicyclic amines) is 1. The molecule has 4 aromatic heterocycles. The molecule has 1 N–H and O–H groups in total. The monoisotopic (exact) mass is 418 g/mol. The summed E-state index contributed by atoms with van der Waals surface area (Å²) >= 11 is 1.53. The summed E-state index contributed by atoms with van der Waals surface area (Å²) in [7, 11) is 0. The second-order valence-electron chi connectivity index (χ2n) is 6.94. The van der Waals surface area contributed by atoms with Gasteiger partial charge < -0.3 is 4.90 Å². The van der Waals surface area contributed by atoms with Crippen molar-refractivity contribution in [3.05, 3.63) is 60.0 Å². The predicted molar refractivity (Wildman–Crippen MR) is 110 cm³/mol. The standard InChI is InChI=1S/C20H18N8OS/c29-17(10-14-12-30-20(24-14)13-3-5-21-6-4-13)28-9-1-2-16(28)19-25-18(26-27-19)15-11-22-7-8-23-15/h3-8,11-12,16H,1-2,9-10H2,(H,25,26,27). The Labute approximate surface area is 176 Å². The number of aromatic nitrogens is 7. The molecule has 0 aliphatic carbocycles. The lowest BCUT2D eigenvalue weighted by molar-refractivity contribution is -0.131. The first kappa shape index (κ1) is 18.5. The molecule has 5 rings (SSSR count). The average Bonchev–Trinajstić information content (AvgIpc) is 3.55. The van der Waals surface area contributed by atoms with Gasteiger partial charge in [-0.05, 0) is 25.0 Å². The van der Waals surface area contributed by atoms with Crippen LogP contribution in [0.4, 0.5) is 0 Å². The first-order valence-electron chi connectivity index (χ1n) is 9.61. The zero-order valence-electron chi connectivity index (χ0n) is 16.0. The molecule has 9 nitrogen and oxygen atoms in total. The Morgan fingerprint density at radius 1 is 1.17 bits per heavy atom. The van der Waals surface area contributed by atoms with E-state index >= 15 is 0 Å². The molecule has 150 valence electrons. The minimum Gasteiger partial charge on any atom is -0.332 e. The summed E-state index contributed by atoms with van der Waals surface area (Å²) in [6.45, 7) is 0.700. The van der Waals surface area contributed by atoms with E-state index < -0.39 is 0 Å². The van der Waals surface area contributed by atoms with E-state index in [0.717, 1.165) is 29.1 Å². The summed E-state index contributed by atoms with van der Waals surface area (Å²) in [6.07, 6.45) is 10.3. The predicted octanol–water partition coefficient (Wildman–Crippen LogP) is 2.69. The second-order valence-corrected chi connectivity index (χ2v) is 7.79. The summed E-state index contributed by atoms with van der Waals surface area (Å²) in [6, 6.07) is 3.72. The molecule has 0 radical (unpaired) electrons. The highest BCUT2D eigenvalue weighted by atomic mass is 32.1. The maximum absolute atomic E-state index is 13.0. The molecule has 1 atom stereocenters. The first-order chi connectivity index (χ1) is 14.8. The SMILES string of the molecule is O=C(Cc1csc(-c2ccncc2)n1)N1CCCC1c1nc(-c2cnccn2)n[nH]1. The molecule has 1 fully saturated rings. The van der Waals surface area contributed by atoms with E-state index in [9.17, 15) is 4.79 Å². The fraction of sp³-hybridized carbons (Fsp3) is 0.250. The Morgan fingerprint density at radius 2 is 2.07 bits per heavy atom. The van der Waals surface area contributed by atoms with Gasteiger partial charge in [-0.25, -0.2) is 15.0 Å². The lowest BCUT2D eigenvalue weighted by atomic mass is 10.2. The number of hydrogen-bond donors (Lipinski definition) is 1. The number of carbonyl (C=O) groups is 1. The zero-order chi connectivity index (χ0) is 20.3. The van der Waals surface area contributed by atoms with Crippen LogP contribution >= 0.6 is 11.3 Å². The van der Waals surface area contributed by atoms with Crippen molar-refractivity contribution in [3.8, 4) is 22.1 Å². The van der Waals surface area contributed by atoms with Crippen molar-refractivity contribution in [2.75, 3.05) is 6.54 Å². The minimum absolute atomic E-state index is 0.0431. The number of amides is 1. The lowest BCUT2D eigenvalue weighted by Gasteiger charge is -2.22. The molecule has 5 heterocycles. The first-order valence-corrected chi connectivity index (χ1v) is 10.5. The number of aromatic amines is 1. The van der Waals surface area contributed by atoms with Crippen molar-refractivity contribution in [3.63, 3.8) is 0 Å². The maximum atomic E-state index is 13.0. The summed E-state index contributed by atoms with van der Waals surface area (Å²) in [5, 5.41) is 10.1. The Hall–Kier alpha value is -3.53. The Kier molecular flexibility index (Phi) is 4.98. The van der Waals surface area contributed by atoms with Gasteiger partial charge in [0.15, 0.2) is 0 Å². The molecule has 1 aliphatic rings. The van der Waals surface area contributed by atoms with Gasteiger partial charge in [0.05, 0.1) is 24.4 Å². The summed E-state index contributed by atoms with van der Waals surface area (Å²) in [5.41, 5.74) is 2.38. The van der Waals surface area contributed by atoms with Gasteiger partial charge in [-0.2, -0.15) is 5.10 Å². The van der Waals surface area contributed by atoms with Crippen LogP contribution in [0.1, 0.15) is 30.4 Å². The van der Waals surface area contributed by atoms with Crippen LogP contribution in [-0.4, -0.2) is 52.5 Å². The van der Waals surface area contributed by atoms with Gasteiger partial charge in [-0.3, -0.25) is 19.9 Å². The Morgan fingerprint density at radius 3 is 2.90 bits per heavy atom. The molecule has 0 saturated carbocycles. The van der Waals surface area contributed by atoms with E-state index in [0.29, 0.717) is 23.9 Å². The van der Waals surface area contributed by atoms with Crippen LogP contribution in [0.25, 0.3) is 22.1 Å². The topological polar surface area (TPSA) is 113 Å². The summed E-state index contributed by atoms with van der Waals surface area (Å²) in [4.78, 5) is 36.4. The molecular weight excluding hydrogens is 400 g/mol. The van der Waals surface area contributed by atoms with Gasteiger partial charge in [0.1, 0.15) is 16.5 Å². The molecule has 1 amide bonds. The van der Waals surface area contributed by atoms with E-state index in [1.54, 1.807) is 31.0 Å². The van der Waals surface area contributed by atoms with E-state index in [1.165, 1.54) is 11.3 Å². The van der Waals surface area contributed by atoms with Crippen molar-refractivity contribution in [1.29, 1.82) is 0 Å². The molecule has 1 aliphatic heterocycles. The number of pyridine rings is 1. The largest absolute Gasteiger partial charge is 0.332 e. The average molecular weight is 418 g/mol. The van der Waals surface area contributed by atoms with Gasteiger partial charge in [-0.1, -0.05) is 0 Å². The molecular formula is C20H18N8OS. The molecule has 0 bridgehead atoms. The third kappa shape index (κ3) is 3.69. The fourth-order valence-corrected chi connectivity index (χ4v) is 4.40. The number of nitrogens with zero attached hydrogens (tertiary/aromatic N) is 7. The van der Waals surface area contributed by atoms with Gasteiger partial charge in [-0.15, -0.1) is 11.3 Å². The molecule has 4 aromatic rings. The minimum atomic E-state index is -0.117. The van der Waals surface area contributed by atoms with Crippen molar-refractivity contribution < 1.29 is 4.79 Å². The Balaban J connectivity index is 1.30. The zero-order valence-corrected chi connectivity index (χ0v) is 16.8. The van der Waals surface area contributed by atoms with Gasteiger partial charge in [0.25, 0.3) is 0 Å². The van der Waals surface area contributed by atoms with Crippen LogP contribution < -0.4 is 0 Å². The van der Waals surface area contributed by atoms with Crippen molar-refractivity contribution >= 4 is 17.2 Å². The highest BCUT2D eigenvalue weighted by molar-refractivity contribution is 7.13. The van der Waals surface area contributed by atoms with Crippen molar-refractivity contribution in [2.24, 2.45) is 0 Å². The smallest absolute Gasteiger partial charge is 0.229 e. The number of H-pyrrole nitrogens is 1. The third-order valence-electron chi connectivity index (χ3n) is 5.00. The molecule has 1 saturated heterocycles. The maximum Gasteiger partial charge on any atom is 0.229 e. The van der Waals surface area contributed by atoms with E-state index in [-0.39, 0.29) is 18.4 Å². The Bertz CT molecular complexity index is 1140. The highest BCUT2D eigenvalue weighted by Crippen LogP contribution is 2.31. The van der Waals surface area contributed by atoms with Gasteiger partial charge in [0.2, 0.25) is 11.7 Å². The quantitative estimate of drug-likeness (QED) is 0.530. The molecule has 1 unspecified atom stereocenters. The number of rotatable bonds is 5. The molecule has 0 aromatic carbocycles. The second kappa shape index (κ2) is 8.07. The van der Waals surface area contributed by atoms with Crippen LogP contribution in [-0.2, 0) is 11.2 Å². The van der Waals surface area contributed by atoms with E-state index in [1.807, 2.05) is 22.4 Å². The third-order valence-corrected chi connectivity index (χ3v) is 5.94. The summed E-state index contributed by atoms with van der Waals surface area (Å²) in [5.74, 6) is 1.21. The molecule has 30 heavy (non-hydrogen) atoms. The molecule has 0 spiro atoms. The fourth-order valence-electron chi connectivity index (χ4n) is 3.57. The van der Waals surface area contributed by atoms with Crippen LogP contribution in [0.2, 0.25) is 0 Å². The van der Waals surface area contributed by atoms with E-state index in [4.69, 9.17) is 0 Å². The molecule has 10 heteroatoms. The van der Waals surface area contributed by atoms with Crippen LogP contribution in [0, 0.1) is 0 Å². The van der Waals surface area contributed by atoms with Gasteiger partial charge >= 0.3 is 0 Å². The number of hydrogen-bond acceptors (Lipinski definition) is 8. The van der Waals surface area contributed by atoms with Crippen LogP contribution in [0.3, 0.4) is 0 Å². The highest BCUT2D eigenvalue weighted by Gasteiger charge is 2.32. The number of carbonyl (C=O) groups excluding carboxylic acids is 1. The normalized spacial score (nSPS) is 16.1. The summed E-state index contributed by atoms with van der Waals surface area (Å²) < 4.78 is 0. The number of nitrogens with one attached hydrogen (secondary N) is 1. The van der Waals surface area contributed by atoms with Crippen molar-refractivity contribution in [1.82, 2.24) is 40.0 Å². The van der Waals surface area contributed by atoms with Crippen LogP contribution in [0.5, 0.6) is 0 Å². The van der Waals surface area contributed by atoms with Crippen LogP contribution in [0.15, 0.2) is 48.5 Å². The lowest BCUT2D eigenvalue weighted by Crippen LogP contribution is -2.32. The van der Waals surface area contributed by atoms with Crippen molar-refractivity contribution in [2.45, 2.75) is 25.3 Å². The van der Waals surface area contributed by atoms with Gasteiger partial charge in [0, 0.05) is 42.3 Å². The number of thiazole rings is 1.